The van der Waals surface area contributed by atoms with Crippen LogP contribution < -0.4 is 20.7 Å². The maximum Gasteiger partial charge on any atom is 0.411 e. The van der Waals surface area contributed by atoms with Crippen LogP contribution in [0.1, 0.15) is 30.4 Å². The number of methoxy groups -OCH3 is 2. The van der Waals surface area contributed by atoms with Gasteiger partial charge in [-0.3, -0.25) is 10.3 Å². The fourth-order valence-electron chi connectivity index (χ4n) is 2.79. The Morgan fingerprint density at radius 2 is 1.72 bits per heavy atom. The number of nitrogens with one attached hydrogen (secondary N) is 3. The Balaban J connectivity index is 1.75. The summed E-state index contributed by atoms with van der Waals surface area (Å²) >= 11 is 0. The Morgan fingerprint density at radius 1 is 1.03 bits per heavy atom. The summed E-state index contributed by atoms with van der Waals surface area (Å²) in [6.07, 6.45) is 0.505. The molecule has 3 N–H and O–H groups in total. The van der Waals surface area contributed by atoms with Gasteiger partial charge in [0.05, 0.1) is 14.2 Å². The minimum atomic E-state index is -0.482. The van der Waals surface area contributed by atoms with Gasteiger partial charge in [0.15, 0.2) is 5.96 Å². The van der Waals surface area contributed by atoms with Crippen molar-refractivity contribution < 1.29 is 14.3 Å². The second-order valence-corrected chi connectivity index (χ2v) is 6.63. The quantitative estimate of drug-likeness (QED) is 0.466. The Kier molecular flexibility index (Phi) is 8.82. The SMILES string of the molecule is CN=C(NCCC(C)c1ccc(OC)cc1)NCc1ccc(NC(=O)OC)cc1. The summed E-state index contributed by atoms with van der Waals surface area (Å²) in [6, 6.07) is 15.7. The number of benzene rings is 2. The van der Waals surface area contributed by atoms with Crippen molar-refractivity contribution >= 4 is 17.7 Å². The van der Waals surface area contributed by atoms with Gasteiger partial charge in [-0.15, -0.1) is 0 Å². The summed E-state index contributed by atoms with van der Waals surface area (Å²) in [5.41, 5.74) is 3.06. The van der Waals surface area contributed by atoms with Gasteiger partial charge >= 0.3 is 6.09 Å². The van der Waals surface area contributed by atoms with Crippen molar-refractivity contribution in [2.45, 2.75) is 25.8 Å². The number of anilines is 1. The molecule has 0 saturated carbocycles. The standard InChI is InChI=1S/C22H30N4O3/c1-16(18-7-11-20(28-3)12-8-18)13-14-24-21(23-2)25-15-17-5-9-19(10-6-17)26-22(27)29-4/h5-12,16H,13-15H2,1-4H3,(H,26,27)(H2,23,24,25). The van der Waals surface area contributed by atoms with Crippen LogP contribution in [0.25, 0.3) is 0 Å². The van der Waals surface area contributed by atoms with Crippen LogP contribution in [0, 0.1) is 0 Å². The third-order valence-corrected chi connectivity index (χ3v) is 4.62. The van der Waals surface area contributed by atoms with Crippen LogP contribution in [0.2, 0.25) is 0 Å². The Morgan fingerprint density at radius 3 is 2.31 bits per heavy atom. The molecule has 7 heteroatoms. The van der Waals surface area contributed by atoms with E-state index < -0.39 is 6.09 Å². The zero-order chi connectivity index (χ0) is 21.1. The highest BCUT2D eigenvalue weighted by Gasteiger charge is 2.07. The second-order valence-electron chi connectivity index (χ2n) is 6.63. The van der Waals surface area contributed by atoms with Crippen molar-refractivity contribution in [3.63, 3.8) is 0 Å². The van der Waals surface area contributed by atoms with E-state index in [-0.39, 0.29) is 0 Å². The van der Waals surface area contributed by atoms with Crippen LogP contribution in [0.15, 0.2) is 53.5 Å². The first-order valence-corrected chi connectivity index (χ1v) is 9.58. The minimum absolute atomic E-state index is 0.432. The molecule has 1 amide bonds. The fraction of sp³-hybridized carbons (Fsp3) is 0.364. The van der Waals surface area contributed by atoms with Gasteiger partial charge < -0.3 is 20.1 Å². The maximum absolute atomic E-state index is 11.2. The predicted octanol–water partition coefficient (Wildman–Crippen LogP) is 3.73. The largest absolute Gasteiger partial charge is 0.497 e. The van der Waals surface area contributed by atoms with E-state index in [9.17, 15) is 4.79 Å². The molecule has 0 bridgehead atoms. The number of hydrogen-bond acceptors (Lipinski definition) is 4. The molecule has 1 unspecified atom stereocenters. The average Bonchev–Trinajstić information content (AvgIpc) is 2.76. The highest BCUT2D eigenvalue weighted by Crippen LogP contribution is 2.21. The van der Waals surface area contributed by atoms with Crippen molar-refractivity contribution in [1.29, 1.82) is 0 Å². The number of carbonyl (C=O) groups excluding carboxylic acids is 1. The number of rotatable bonds is 8. The third-order valence-electron chi connectivity index (χ3n) is 4.62. The van der Waals surface area contributed by atoms with Crippen molar-refractivity contribution in [2.24, 2.45) is 4.99 Å². The summed E-state index contributed by atoms with van der Waals surface area (Å²) in [4.78, 5) is 15.5. The van der Waals surface area contributed by atoms with Crippen LogP contribution in [0.4, 0.5) is 10.5 Å². The summed E-state index contributed by atoms with van der Waals surface area (Å²) < 4.78 is 9.79. The van der Waals surface area contributed by atoms with Gasteiger partial charge in [0.1, 0.15) is 5.75 Å². The van der Waals surface area contributed by atoms with Crippen molar-refractivity contribution in [3.8, 4) is 5.75 Å². The summed E-state index contributed by atoms with van der Waals surface area (Å²) in [5, 5.41) is 9.27. The summed E-state index contributed by atoms with van der Waals surface area (Å²) in [6.45, 7) is 3.66. The van der Waals surface area contributed by atoms with E-state index >= 15 is 0 Å². The Labute approximate surface area is 172 Å². The Hall–Kier alpha value is -3.22. The molecule has 0 saturated heterocycles. The molecule has 0 aliphatic heterocycles. The molecule has 2 rings (SSSR count). The lowest BCUT2D eigenvalue weighted by atomic mass is 9.98. The van der Waals surface area contributed by atoms with Crippen LogP contribution in [0.3, 0.4) is 0 Å². The number of carbonyl (C=O) groups is 1. The first kappa shape index (κ1) is 22.1. The molecule has 0 fully saturated rings. The van der Waals surface area contributed by atoms with Crippen LogP contribution in [-0.4, -0.2) is 39.9 Å². The Bertz CT molecular complexity index is 789. The van der Waals surface area contributed by atoms with Crippen LogP contribution >= 0.6 is 0 Å². The zero-order valence-electron chi connectivity index (χ0n) is 17.5. The van der Waals surface area contributed by atoms with Gasteiger partial charge in [-0.25, -0.2) is 4.79 Å². The number of aliphatic imine (C=N–C) groups is 1. The van der Waals surface area contributed by atoms with E-state index in [1.807, 2.05) is 36.4 Å². The zero-order valence-corrected chi connectivity index (χ0v) is 17.5. The molecular weight excluding hydrogens is 368 g/mol. The van der Waals surface area contributed by atoms with Gasteiger partial charge in [-0.2, -0.15) is 0 Å². The van der Waals surface area contributed by atoms with E-state index in [0.717, 1.165) is 30.2 Å². The summed E-state index contributed by atoms with van der Waals surface area (Å²) in [5.74, 6) is 2.06. The molecule has 0 spiro atoms. The molecule has 29 heavy (non-hydrogen) atoms. The van der Waals surface area contributed by atoms with Gasteiger partial charge in [-0.1, -0.05) is 31.2 Å². The highest BCUT2D eigenvalue weighted by molar-refractivity contribution is 5.84. The first-order chi connectivity index (χ1) is 14.0. The molecule has 2 aromatic rings. The molecule has 0 aromatic heterocycles. The number of hydrogen-bond donors (Lipinski definition) is 3. The van der Waals surface area contributed by atoms with Gasteiger partial charge in [-0.05, 0) is 47.7 Å². The third kappa shape index (κ3) is 7.37. The van der Waals surface area contributed by atoms with Gasteiger partial charge in [0, 0.05) is 25.8 Å². The number of amides is 1. The minimum Gasteiger partial charge on any atom is -0.497 e. The van der Waals surface area contributed by atoms with E-state index in [2.05, 4.69) is 44.7 Å². The molecular formula is C22H30N4O3. The van der Waals surface area contributed by atoms with Gasteiger partial charge in [0.2, 0.25) is 0 Å². The lowest BCUT2D eigenvalue weighted by Crippen LogP contribution is -2.37. The van der Waals surface area contributed by atoms with E-state index in [1.54, 1.807) is 14.2 Å². The molecule has 1 atom stereocenters. The molecule has 0 heterocycles. The monoisotopic (exact) mass is 398 g/mol. The van der Waals surface area contributed by atoms with Crippen LogP contribution in [0.5, 0.6) is 5.75 Å². The van der Waals surface area contributed by atoms with Crippen molar-refractivity contribution in [2.75, 3.05) is 33.1 Å². The fourth-order valence-corrected chi connectivity index (χ4v) is 2.79. The molecule has 7 nitrogen and oxygen atoms in total. The smallest absolute Gasteiger partial charge is 0.411 e. The lowest BCUT2D eigenvalue weighted by Gasteiger charge is -2.15. The van der Waals surface area contributed by atoms with Crippen LogP contribution in [-0.2, 0) is 11.3 Å². The van der Waals surface area contributed by atoms with Crippen molar-refractivity contribution in [1.82, 2.24) is 10.6 Å². The number of nitrogens with zero attached hydrogens (tertiary/aromatic N) is 1. The predicted molar refractivity (Wildman–Crippen MR) is 117 cm³/mol. The number of guanidine groups is 1. The lowest BCUT2D eigenvalue weighted by molar-refractivity contribution is 0.187. The molecule has 0 aliphatic rings. The highest BCUT2D eigenvalue weighted by atomic mass is 16.5. The normalized spacial score (nSPS) is 12.1. The van der Waals surface area contributed by atoms with Gasteiger partial charge in [0.25, 0.3) is 0 Å². The molecule has 0 aliphatic carbocycles. The van der Waals surface area contributed by atoms with E-state index in [4.69, 9.17) is 4.74 Å². The topological polar surface area (TPSA) is 84.0 Å². The maximum atomic E-state index is 11.2. The second kappa shape index (κ2) is 11.6. The average molecular weight is 399 g/mol. The van der Waals surface area contributed by atoms with E-state index in [0.29, 0.717) is 18.2 Å². The van der Waals surface area contributed by atoms with E-state index in [1.165, 1.54) is 12.7 Å². The molecule has 0 radical (unpaired) electrons. The molecule has 2 aromatic carbocycles. The summed E-state index contributed by atoms with van der Waals surface area (Å²) in [7, 11) is 4.77. The number of ether oxygens (including phenoxy) is 2. The molecule has 156 valence electrons. The van der Waals surface area contributed by atoms with Crippen molar-refractivity contribution in [3.05, 3.63) is 59.7 Å². The first-order valence-electron chi connectivity index (χ1n) is 9.58.